The maximum atomic E-state index is 12.5. The van der Waals surface area contributed by atoms with Gasteiger partial charge in [-0.15, -0.1) is 0 Å². The highest BCUT2D eigenvalue weighted by atomic mass is 16.4. The van der Waals surface area contributed by atoms with Gasteiger partial charge in [-0.05, 0) is 32.1 Å². The highest BCUT2D eigenvalue weighted by molar-refractivity contribution is 5.93. The number of carbonyl (C=O) groups is 3. The van der Waals surface area contributed by atoms with Crippen molar-refractivity contribution in [3.8, 4) is 0 Å². The van der Waals surface area contributed by atoms with Gasteiger partial charge < -0.3 is 26.6 Å². The van der Waals surface area contributed by atoms with Crippen molar-refractivity contribution < 1.29 is 24.6 Å². The van der Waals surface area contributed by atoms with E-state index in [1.807, 2.05) is 13.8 Å². The van der Waals surface area contributed by atoms with Crippen LogP contribution >= 0.6 is 0 Å². The van der Waals surface area contributed by atoms with E-state index in [-0.39, 0.29) is 6.42 Å². The first-order chi connectivity index (χ1) is 11.2. The molecule has 0 saturated heterocycles. The van der Waals surface area contributed by atoms with E-state index in [0.717, 1.165) is 6.42 Å². The lowest BCUT2D eigenvalue weighted by atomic mass is 9.89. The van der Waals surface area contributed by atoms with Crippen molar-refractivity contribution in [3.05, 3.63) is 0 Å². The predicted molar refractivity (Wildman–Crippen MR) is 94.5 cm³/mol. The first-order valence-electron chi connectivity index (χ1n) is 8.58. The number of rotatable bonds is 10. The molecule has 2 atom stereocenters. The van der Waals surface area contributed by atoms with E-state index in [9.17, 15) is 24.6 Å². The SMILES string of the molecule is CC(C)CCCC(=O)N[C@](O)(C(=O)N[C@H](C(=O)O)C(C)C)C(C)(C)N. The average molecular weight is 359 g/mol. The first kappa shape index (κ1) is 23.3. The van der Waals surface area contributed by atoms with E-state index >= 15 is 0 Å². The molecule has 8 heteroatoms. The Hall–Kier alpha value is -1.67. The molecule has 0 fully saturated rings. The Morgan fingerprint density at radius 2 is 1.64 bits per heavy atom. The van der Waals surface area contributed by atoms with E-state index in [0.29, 0.717) is 12.3 Å². The maximum absolute atomic E-state index is 12.5. The maximum Gasteiger partial charge on any atom is 0.326 e. The number of hydrogen-bond donors (Lipinski definition) is 5. The summed E-state index contributed by atoms with van der Waals surface area (Å²) in [5.74, 6) is -2.77. The lowest BCUT2D eigenvalue weighted by Gasteiger charge is -2.39. The molecule has 0 aromatic heterocycles. The zero-order chi connectivity index (χ0) is 20.0. The number of aliphatic carboxylic acids is 1. The van der Waals surface area contributed by atoms with Gasteiger partial charge in [-0.1, -0.05) is 34.1 Å². The number of carboxylic acids is 1. The minimum atomic E-state index is -2.43. The van der Waals surface area contributed by atoms with Crippen LogP contribution in [0.1, 0.15) is 60.8 Å². The summed E-state index contributed by atoms with van der Waals surface area (Å²) in [4.78, 5) is 35.9. The molecule has 0 aromatic rings. The molecule has 0 aliphatic carbocycles. The Balaban J connectivity index is 5.23. The Labute approximate surface area is 149 Å². The predicted octanol–water partition coefficient (Wildman–Crippen LogP) is 0.580. The summed E-state index contributed by atoms with van der Waals surface area (Å²) in [5.41, 5.74) is 1.95. The van der Waals surface area contributed by atoms with Crippen molar-refractivity contribution >= 4 is 17.8 Å². The van der Waals surface area contributed by atoms with Crippen LogP contribution in [-0.4, -0.2) is 45.3 Å². The number of hydrogen-bond acceptors (Lipinski definition) is 5. The van der Waals surface area contributed by atoms with Crippen LogP contribution < -0.4 is 16.4 Å². The summed E-state index contributed by atoms with van der Waals surface area (Å²) >= 11 is 0. The number of carbonyl (C=O) groups excluding carboxylic acids is 2. The summed E-state index contributed by atoms with van der Waals surface area (Å²) in [6, 6.07) is -1.21. The third-order valence-corrected chi connectivity index (χ3v) is 3.99. The Kier molecular flexibility index (Phi) is 8.53. The number of carboxylic acid groups (broad SMARTS) is 1. The quantitative estimate of drug-likeness (QED) is 0.361. The minimum absolute atomic E-state index is 0.135. The molecule has 0 aromatic carbocycles. The molecule has 6 N–H and O–H groups in total. The van der Waals surface area contributed by atoms with Gasteiger partial charge in [0, 0.05) is 6.42 Å². The third kappa shape index (κ3) is 6.99. The molecule has 0 radical (unpaired) electrons. The highest BCUT2D eigenvalue weighted by Gasteiger charge is 2.50. The minimum Gasteiger partial charge on any atom is -0.480 e. The summed E-state index contributed by atoms with van der Waals surface area (Å²) < 4.78 is 0. The zero-order valence-electron chi connectivity index (χ0n) is 16.0. The molecule has 2 amide bonds. The van der Waals surface area contributed by atoms with Crippen molar-refractivity contribution in [2.24, 2.45) is 17.6 Å². The van der Waals surface area contributed by atoms with Gasteiger partial charge in [0.15, 0.2) is 0 Å². The van der Waals surface area contributed by atoms with E-state index < -0.39 is 41.0 Å². The van der Waals surface area contributed by atoms with Crippen LogP contribution in [-0.2, 0) is 14.4 Å². The van der Waals surface area contributed by atoms with Gasteiger partial charge in [0.1, 0.15) is 6.04 Å². The fourth-order valence-electron chi connectivity index (χ4n) is 2.20. The number of nitrogens with one attached hydrogen (secondary N) is 2. The second kappa shape index (κ2) is 9.15. The van der Waals surface area contributed by atoms with Crippen LogP contribution in [0.2, 0.25) is 0 Å². The largest absolute Gasteiger partial charge is 0.480 e. The van der Waals surface area contributed by atoms with Crippen molar-refractivity contribution in [1.82, 2.24) is 10.6 Å². The summed E-state index contributed by atoms with van der Waals surface area (Å²) in [6.45, 7) is 10.1. The van der Waals surface area contributed by atoms with Crippen LogP contribution in [0.3, 0.4) is 0 Å². The molecule has 0 aliphatic heterocycles. The molecule has 0 heterocycles. The van der Waals surface area contributed by atoms with E-state index in [4.69, 9.17) is 5.73 Å². The normalized spacial score (nSPS) is 15.6. The zero-order valence-corrected chi connectivity index (χ0v) is 16.0. The van der Waals surface area contributed by atoms with Gasteiger partial charge in [0.25, 0.3) is 5.91 Å². The molecular weight excluding hydrogens is 326 g/mol. The second-order valence-electron chi connectivity index (χ2n) is 7.80. The fourth-order valence-corrected chi connectivity index (χ4v) is 2.20. The molecule has 0 spiro atoms. The van der Waals surface area contributed by atoms with Crippen LogP contribution in [0.5, 0.6) is 0 Å². The van der Waals surface area contributed by atoms with Crippen LogP contribution in [0, 0.1) is 11.8 Å². The van der Waals surface area contributed by atoms with Crippen LogP contribution in [0.4, 0.5) is 0 Å². The van der Waals surface area contributed by atoms with Gasteiger partial charge in [0.2, 0.25) is 11.6 Å². The molecule has 0 aliphatic rings. The Morgan fingerprint density at radius 3 is 2.00 bits per heavy atom. The lowest BCUT2D eigenvalue weighted by molar-refractivity contribution is -0.160. The molecule has 146 valence electrons. The molecule has 0 saturated carbocycles. The van der Waals surface area contributed by atoms with E-state index in [1.54, 1.807) is 13.8 Å². The van der Waals surface area contributed by atoms with Gasteiger partial charge in [-0.3, -0.25) is 9.59 Å². The van der Waals surface area contributed by atoms with Gasteiger partial charge in [-0.2, -0.15) is 0 Å². The second-order valence-corrected chi connectivity index (χ2v) is 7.80. The smallest absolute Gasteiger partial charge is 0.326 e. The molecule has 8 nitrogen and oxygen atoms in total. The summed E-state index contributed by atoms with van der Waals surface area (Å²) in [7, 11) is 0. The van der Waals surface area contributed by atoms with Crippen molar-refractivity contribution in [2.75, 3.05) is 0 Å². The molecular formula is C17H33N3O5. The molecule has 0 unspecified atom stereocenters. The molecule has 0 rings (SSSR count). The lowest BCUT2D eigenvalue weighted by Crippen LogP contribution is -2.73. The van der Waals surface area contributed by atoms with Crippen molar-refractivity contribution in [1.29, 1.82) is 0 Å². The third-order valence-electron chi connectivity index (χ3n) is 3.99. The van der Waals surface area contributed by atoms with Crippen molar-refractivity contribution in [3.63, 3.8) is 0 Å². The number of amides is 2. The van der Waals surface area contributed by atoms with Gasteiger partial charge in [0.05, 0.1) is 5.54 Å². The Morgan fingerprint density at radius 1 is 1.12 bits per heavy atom. The van der Waals surface area contributed by atoms with Crippen LogP contribution in [0.15, 0.2) is 0 Å². The van der Waals surface area contributed by atoms with Crippen LogP contribution in [0.25, 0.3) is 0 Å². The number of nitrogens with two attached hydrogens (primary N) is 1. The topological polar surface area (TPSA) is 142 Å². The van der Waals surface area contributed by atoms with Crippen molar-refractivity contribution in [2.45, 2.75) is 78.1 Å². The molecule has 0 bridgehead atoms. The van der Waals surface area contributed by atoms with Gasteiger partial charge >= 0.3 is 5.97 Å². The first-order valence-corrected chi connectivity index (χ1v) is 8.58. The Bertz CT molecular complexity index is 485. The highest BCUT2D eigenvalue weighted by Crippen LogP contribution is 2.19. The monoisotopic (exact) mass is 359 g/mol. The van der Waals surface area contributed by atoms with E-state index in [2.05, 4.69) is 10.6 Å². The summed E-state index contributed by atoms with van der Waals surface area (Å²) in [5, 5.41) is 24.5. The summed E-state index contributed by atoms with van der Waals surface area (Å²) in [6.07, 6.45) is 1.57. The van der Waals surface area contributed by atoms with E-state index in [1.165, 1.54) is 13.8 Å². The molecule has 25 heavy (non-hydrogen) atoms. The number of aliphatic hydroxyl groups is 1. The average Bonchev–Trinajstić information content (AvgIpc) is 2.41. The van der Waals surface area contributed by atoms with Gasteiger partial charge in [-0.25, -0.2) is 4.79 Å². The fraction of sp³-hybridized carbons (Fsp3) is 0.824. The standard InChI is InChI=1S/C17H33N3O5/c1-10(2)8-7-9-12(21)20-17(25,16(5,6)18)15(24)19-13(11(3)4)14(22)23/h10-11,13,25H,7-9,18H2,1-6H3,(H,19,24)(H,20,21)(H,22,23)/t13-,17-/m0/s1.